The van der Waals surface area contributed by atoms with E-state index in [1.807, 2.05) is 4.90 Å². The van der Waals surface area contributed by atoms with Crippen molar-refractivity contribution in [1.82, 2.24) is 14.9 Å². The maximum atomic E-state index is 12.8. The molecule has 0 saturated carbocycles. The van der Waals surface area contributed by atoms with Crippen LogP contribution in [0.2, 0.25) is 0 Å². The van der Waals surface area contributed by atoms with E-state index in [2.05, 4.69) is 15.3 Å². The Bertz CT molecular complexity index is 847. The molecule has 8 nitrogen and oxygen atoms in total. The van der Waals surface area contributed by atoms with Gasteiger partial charge in [-0.25, -0.2) is 4.98 Å². The smallest absolute Gasteiger partial charge is 0.224 e. The highest BCUT2D eigenvalue weighted by Gasteiger charge is 2.22. The van der Waals surface area contributed by atoms with Gasteiger partial charge >= 0.3 is 0 Å². The van der Waals surface area contributed by atoms with Gasteiger partial charge in [-0.2, -0.15) is 4.98 Å². The number of carbonyl (C=O) groups is 2. The van der Waals surface area contributed by atoms with Gasteiger partial charge in [0.25, 0.3) is 0 Å². The van der Waals surface area contributed by atoms with Crippen molar-refractivity contribution in [3.05, 3.63) is 41.6 Å². The van der Waals surface area contributed by atoms with Gasteiger partial charge in [0.2, 0.25) is 17.6 Å². The van der Waals surface area contributed by atoms with Crippen LogP contribution in [0.5, 0.6) is 5.75 Å². The van der Waals surface area contributed by atoms with Gasteiger partial charge in [-0.15, -0.1) is 0 Å². The minimum absolute atomic E-state index is 0.0909. The average Bonchev–Trinajstić information content (AvgIpc) is 2.68. The molecule has 0 bridgehead atoms. The number of aromatic nitrogens is 2. The predicted octanol–water partition coefficient (Wildman–Crippen LogP) is 1.72. The summed E-state index contributed by atoms with van der Waals surface area (Å²) in [6.07, 6.45) is 3.06. The van der Waals surface area contributed by atoms with Crippen molar-refractivity contribution in [1.29, 1.82) is 0 Å². The second-order valence-corrected chi connectivity index (χ2v) is 6.45. The molecule has 1 aromatic carbocycles. The molecule has 2 heterocycles. The van der Waals surface area contributed by atoms with E-state index in [9.17, 15) is 9.59 Å². The zero-order valence-corrected chi connectivity index (χ0v) is 15.4. The second kappa shape index (κ2) is 8.03. The molecule has 142 valence electrons. The number of likely N-dealkylation sites (tertiary alicyclic amines) is 1. The zero-order valence-electron chi connectivity index (χ0n) is 15.4. The van der Waals surface area contributed by atoms with Gasteiger partial charge in [-0.1, -0.05) is 12.1 Å². The maximum absolute atomic E-state index is 12.8. The molecule has 1 aliphatic heterocycles. The molecule has 2 aromatic rings. The molecule has 0 aliphatic carbocycles. The van der Waals surface area contributed by atoms with Crippen molar-refractivity contribution in [2.24, 2.45) is 0 Å². The number of ketones is 1. The number of methoxy groups -OCH3 is 1. The standard InChI is InChI=1S/C19H23N5O3/c1-12(25)24-9-7-13(8-10-24)22-19-21-11-15(18(20)23-19)17(26)14-5-3-4-6-16(14)27-2/h3-6,11,13H,7-10H2,1-2H3,(H3,20,21,22,23). The summed E-state index contributed by atoms with van der Waals surface area (Å²) in [6, 6.07) is 7.11. The lowest BCUT2D eigenvalue weighted by molar-refractivity contribution is -0.129. The SMILES string of the molecule is COc1ccccc1C(=O)c1cnc(NC2CCN(C(C)=O)CC2)nc1N. The predicted molar refractivity (Wildman–Crippen MR) is 102 cm³/mol. The monoisotopic (exact) mass is 369 g/mol. The number of carbonyl (C=O) groups excluding carboxylic acids is 2. The Morgan fingerprint density at radius 3 is 2.56 bits per heavy atom. The lowest BCUT2D eigenvalue weighted by Gasteiger charge is -2.31. The van der Waals surface area contributed by atoms with Crippen LogP contribution in [0.1, 0.15) is 35.7 Å². The van der Waals surface area contributed by atoms with Gasteiger partial charge in [-0.05, 0) is 25.0 Å². The molecule has 1 aliphatic rings. The molecular weight excluding hydrogens is 346 g/mol. The fourth-order valence-corrected chi connectivity index (χ4v) is 3.14. The van der Waals surface area contributed by atoms with Crippen LogP contribution in [0.4, 0.5) is 11.8 Å². The number of benzene rings is 1. The van der Waals surface area contributed by atoms with Crippen molar-refractivity contribution in [2.45, 2.75) is 25.8 Å². The first-order chi connectivity index (χ1) is 13.0. The normalized spacial score (nSPS) is 14.7. The number of nitrogens with one attached hydrogen (secondary N) is 1. The largest absolute Gasteiger partial charge is 0.496 e. The average molecular weight is 369 g/mol. The van der Waals surface area contributed by atoms with E-state index < -0.39 is 0 Å². The molecule has 1 fully saturated rings. The van der Waals surface area contributed by atoms with Crippen LogP contribution in [0.15, 0.2) is 30.5 Å². The number of nitrogens with zero attached hydrogens (tertiary/aromatic N) is 3. The zero-order chi connectivity index (χ0) is 19.4. The van der Waals surface area contributed by atoms with E-state index >= 15 is 0 Å². The summed E-state index contributed by atoms with van der Waals surface area (Å²) < 4.78 is 5.23. The molecule has 0 radical (unpaired) electrons. The Morgan fingerprint density at radius 1 is 1.22 bits per heavy atom. The van der Waals surface area contributed by atoms with Gasteiger partial charge in [0, 0.05) is 32.3 Å². The Hall–Kier alpha value is -3.16. The number of piperidine rings is 1. The summed E-state index contributed by atoms with van der Waals surface area (Å²) in [4.78, 5) is 34.5. The first-order valence-electron chi connectivity index (χ1n) is 8.82. The Labute approximate surface area is 157 Å². The fourth-order valence-electron chi connectivity index (χ4n) is 3.14. The number of hydrogen-bond donors (Lipinski definition) is 2. The van der Waals surface area contributed by atoms with Gasteiger partial charge in [0.1, 0.15) is 11.6 Å². The summed E-state index contributed by atoms with van der Waals surface area (Å²) >= 11 is 0. The molecule has 0 unspecified atom stereocenters. The first-order valence-corrected chi connectivity index (χ1v) is 8.82. The van der Waals surface area contributed by atoms with Crippen LogP contribution in [0.3, 0.4) is 0 Å². The Balaban J connectivity index is 1.71. The summed E-state index contributed by atoms with van der Waals surface area (Å²) in [5.74, 6) is 0.774. The van der Waals surface area contributed by atoms with Gasteiger partial charge < -0.3 is 20.7 Å². The van der Waals surface area contributed by atoms with Crippen LogP contribution in [-0.2, 0) is 4.79 Å². The first kappa shape index (κ1) is 18.6. The van der Waals surface area contributed by atoms with Crippen LogP contribution in [0.25, 0.3) is 0 Å². The van der Waals surface area contributed by atoms with Crippen LogP contribution in [0, 0.1) is 0 Å². The lowest BCUT2D eigenvalue weighted by atomic mass is 10.0. The maximum Gasteiger partial charge on any atom is 0.224 e. The summed E-state index contributed by atoms with van der Waals surface area (Å²) in [5.41, 5.74) is 6.66. The lowest BCUT2D eigenvalue weighted by Crippen LogP contribution is -2.41. The molecule has 3 rings (SSSR count). The highest BCUT2D eigenvalue weighted by molar-refractivity contribution is 6.13. The van der Waals surface area contributed by atoms with E-state index in [0.717, 1.165) is 12.8 Å². The number of nitrogens with two attached hydrogens (primary N) is 1. The molecule has 1 amide bonds. The molecule has 0 atom stereocenters. The van der Waals surface area contributed by atoms with E-state index in [-0.39, 0.29) is 29.1 Å². The van der Waals surface area contributed by atoms with Crippen molar-refractivity contribution in [3.63, 3.8) is 0 Å². The highest BCUT2D eigenvalue weighted by atomic mass is 16.5. The van der Waals surface area contributed by atoms with Crippen molar-refractivity contribution in [3.8, 4) is 5.75 Å². The minimum Gasteiger partial charge on any atom is -0.496 e. The van der Waals surface area contributed by atoms with Crippen LogP contribution >= 0.6 is 0 Å². The summed E-state index contributed by atoms with van der Waals surface area (Å²) in [6.45, 7) is 2.98. The van der Waals surface area contributed by atoms with E-state index in [4.69, 9.17) is 10.5 Å². The molecule has 0 spiro atoms. The molecule has 27 heavy (non-hydrogen) atoms. The quantitative estimate of drug-likeness (QED) is 0.772. The number of hydrogen-bond acceptors (Lipinski definition) is 7. The Kier molecular flexibility index (Phi) is 5.54. The number of rotatable bonds is 5. The molecule has 8 heteroatoms. The highest BCUT2D eigenvalue weighted by Crippen LogP contribution is 2.23. The van der Waals surface area contributed by atoms with E-state index in [0.29, 0.717) is 30.4 Å². The molecule has 3 N–H and O–H groups in total. The van der Waals surface area contributed by atoms with E-state index in [1.165, 1.54) is 13.3 Å². The third-order valence-corrected chi connectivity index (χ3v) is 4.69. The number of amides is 1. The second-order valence-electron chi connectivity index (χ2n) is 6.45. The van der Waals surface area contributed by atoms with E-state index in [1.54, 1.807) is 31.2 Å². The topological polar surface area (TPSA) is 110 Å². The number of nitrogen functional groups attached to an aromatic ring is 1. The fraction of sp³-hybridized carbons (Fsp3) is 0.368. The summed E-state index contributed by atoms with van der Waals surface area (Å²) in [7, 11) is 1.51. The van der Waals surface area contributed by atoms with Crippen molar-refractivity contribution in [2.75, 3.05) is 31.2 Å². The van der Waals surface area contributed by atoms with Crippen molar-refractivity contribution < 1.29 is 14.3 Å². The molecular formula is C19H23N5O3. The number of ether oxygens (including phenoxy) is 1. The third kappa shape index (κ3) is 4.16. The molecule has 1 aromatic heterocycles. The molecule has 1 saturated heterocycles. The van der Waals surface area contributed by atoms with Crippen molar-refractivity contribution >= 4 is 23.5 Å². The van der Waals surface area contributed by atoms with Gasteiger partial charge in [0.05, 0.1) is 18.2 Å². The minimum atomic E-state index is -0.286. The van der Waals surface area contributed by atoms with Crippen LogP contribution in [-0.4, -0.2) is 52.8 Å². The third-order valence-electron chi connectivity index (χ3n) is 4.69. The number of para-hydroxylation sites is 1. The van der Waals surface area contributed by atoms with Gasteiger partial charge in [0.15, 0.2) is 0 Å². The Morgan fingerprint density at radius 2 is 1.93 bits per heavy atom. The van der Waals surface area contributed by atoms with Gasteiger partial charge in [-0.3, -0.25) is 9.59 Å². The van der Waals surface area contributed by atoms with Crippen LogP contribution < -0.4 is 15.8 Å². The summed E-state index contributed by atoms with van der Waals surface area (Å²) in [5, 5.41) is 3.23. The number of anilines is 2.